The van der Waals surface area contributed by atoms with Crippen molar-refractivity contribution in [2.45, 2.75) is 32.7 Å². The third-order valence-corrected chi connectivity index (χ3v) is 3.69. The summed E-state index contributed by atoms with van der Waals surface area (Å²) in [5, 5.41) is 0. The van der Waals surface area contributed by atoms with Gasteiger partial charge in [0.05, 0.1) is 0 Å². The Morgan fingerprint density at radius 1 is 1.21 bits per heavy atom. The normalized spacial score (nSPS) is 17.0. The van der Waals surface area contributed by atoms with E-state index in [4.69, 9.17) is 10.5 Å². The first-order chi connectivity index (χ1) is 8.66. The number of ether oxygens (including phenoxy) is 1. The highest BCUT2D eigenvalue weighted by Gasteiger charge is 2.15. The summed E-state index contributed by atoms with van der Waals surface area (Å²) < 4.78 is 5.92. The molecule has 1 fully saturated rings. The fourth-order valence-electron chi connectivity index (χ4n) is 2.48. The SMILES string of the molecule is Cc1cccc(C)c1OCCN1CCC(N)CC1.Cl. The highest BCUT2D eigenvalue weighted by Crippen LogP contribution is 2.22. The molecule has 0 unspecified atom stereocenters. The number of benzene rings is 1. The molecule has 19 heavy (non-hydrogen) atoms. The number of aryl methyl sites for hydroxylation is 2. The van der Waals surface area contributed by atoms with Crippen LogP contribution in [0.2, 0.25) is 0 Å². The van der Waals surface area contributed by atoms with E-state index >= 15 is 0 Å². The van der Waals surface area contributed by atoms with Gasteiger partial charge in [-0.05, 0) is 50.9 Å². The number of likely N-dealkylation sites (tertiary alicyclic amines) is 1. The number of rotatable bonds is 4. The molecule has 1 aromatic carbocycles. The molecule has 1 heterocycles. The highest BCUT2D eigenvalue weighted by atomic mass is 35.5. The largest absolute Gasteiger partial charge is 0.492 e. The molecule has 0 spiro atoms. The van der Waals surface area contributed by atoms with Gasteiger partial charge in [0.15, 0.2) is 0 Å². The van der Waals surface area contributed by atoms with E-state index in [1.807, 2.05) is 0 Å². The molecular weight excluding hydrogens is 260 g/mol. The second kappa shape index (κ2) is 7.73. The van der Waals surface area contributed by atoms with Crippen molar-refractivity contribution >= 4 is 12.4 Å². The van der Waals surface area contributed by atoms with E-state index in [0.717, 1.165) is 44.8 Å². The molecule has 0 amide bonds. The van der Waals surface area contributed by atoms with Crippen molar-refractivity contribution in [2.24, 2.45) is 5.73 Å². The van der Waals surface area contributed by atoms with E-state index in [-0.39, 0.29) is 12.4 Å². The monoisotopic (exact) mass is 284 g/mol. The highest BCUT2D eigenvalue weighted by molar-refractivity contribution is 5.85. The topological polar surface area (TPSA) is 38.5 Å². The zero-order valence-electron chi connectivity index (χ0n) is 11.9. The Labute approximate surface area is 122 Å². The Kier molecular flexibility index (Phi) is 6.63. The van der Waals surface area contributed by atoms with E-state index in [9.17, 15) is 0 Å². The van der Waals surface area contributed by atoms with Gasteiger partial charge < -0.3 is 10.5 Å². The maximum Gasteiger partial charge on any atom is 0.125 e. The van der Waals surface area contributed by atoms with E-state index in [1.165, 1.54) is 11.1 Å². The lowest BCUT2D eigenvalue weighted by Gasteiger charge is -2.29. The molecule has 2 rings (SSSR count). The van der Waals surface area contributed by atoms with Gasteiger partial charge in [0.2, 0.25) is 0 Å². The lowest BCUT2D eigenvalue weighted by atomic mass is 10.1. The number of hydrogen-bond acceptors (Lipinski definition) is 3. The Morgan fingerprint density at radius 3 is 2.37 bits per heavy atom. The second-order valence-electron chi connectivity index (χ2n) is 5.25. The molecule has 0 aromatic heterocycles. The Morgan fingerprint density at radius 2 is 1.79 bits per heavy atom. The molecule has 1 saturated heterocycles. The minimum Gasteiger partial charge on any atom is -0.492 e. The summed E-state index contributed by atoms with van der Waals surface area (Å²) in [5.74, 6) is 1.05. The number of hydrogen-bond donors (Lipinski definition) is 1. The molecule has 0 aliphatic carbocycles. The van der Waals surface area contributed by atoms with Crippen LogP contribution in [0.1, 0.15) is 24.0 Å². The van der Waals surface area contributed by atoms with Crippen LogP contribution in [-0.2, 0) is 0 Å². The zero-order chi connectivity index (χ0) is 13.0. The van der Waals surface area contributed by atoms with Crippen LogP contribution in [0.15, 0.2) is 18.2 Å². The standard InChI is InChI=1S/C15H24N2O.ClH/c1-12-4-3-5-13(2)15(12)18-11-10-17-8-6-14(16)7-9-17;/h3-5,14H,6-11,16H2,1-2H3;1H. The van der Waals surface area contributed by atoms with Crippen LogP contribution in [0.4, 0.5) is 0 Å². The fraction of sp³-hybridized carbons (Fsp3) is 0.600. The first-order valence-electron chi connectivity index (χ1n) is 6.84. The van der Waals surface area contributed by atoms with Gasteiger partial charge >= 0.3 is 0 Å². The summed E-state index contributed by atoms with van der Waals surface area (Å²) in [6.45, 7) is 8.18. The first-order valence-corrected chi connectivity index (χ1v) is 6.84. The zero-order valence-corrected chi connectivity index (χ0v) is 12.7. The molecular formula is C15H25ClN2O. The molecule has 2 N–H and O–H groups in total. The van der Waals surface area contributed by atoms with Crippen LogP contribution in [0.3, 0.4) is 0 Å². The predicted octanol–water partition coefficient (Wildman–Crippen LogP) is 2.53. The molecule has 0 bridgehead atoms. The van der Waals surface area contributed by atoms with Crippen molar-refractivity contribution in [3.8, 4) is 5.75 Å². The number of halogens is 1. The van der Waals surface area contributed by atoms with Crippen LogP contribution >= 0.6 is 12.4 Å². The number of nitrogens with zero attached hydrogens (tertiary/aromatic N) is 1. The van der Waals surface area contributed by atoms with E-state index < -0.39 is 0 Å². The van der Waals surface area contributed by atoms with Crippen molar-refractivity contribution in [3.05, 3.63) is 29.3 Å². The van der Waals surface area contributed by atoms with Crippen molar-refractivity contribution in [2.75, 3.05) is 26.2 Å². The maximum absolute atomic E-state index is 5.92. The smallest absolute Gasteiger partial charge is 0.125 e. The lowest BCUT2D eigenvalue weighted by Crippen LogP contribution is -2.41. The van der Waals surface area contributed by atoms with Gasteiger partial charge in [-0.3, -0.25) is 4.90 Å². The van der Waals surface area contributed by atoms with E-state index in [0.29, 0.717) is 6.04 Å². The van der Waals surface area contributed by atoms with Crippen LogP contribution in [0, 0.1) is 13.8 Å². The van der Waals surface area contributed by atoms with Crippen molar-refractivity contribution in [1.29, 1.82) is 0 Å². The van der Waals surface area contributed by atoms with Crippen molar-refractivity contribution in [3.63, 3.8) is 0 Å². The minimum atomic E-state index is 0. The molecule has 4 heteroatoms. The number of para-hydroxylation sites is 1. The van der Waals surface area contributed by atoms with E-state index in [2.05, 4.69) is 36.9 Å². The summed E-state index contributed by atoms with van der Waals surface area (Å²) in [5.41, 5.74) is 8.33. The van der Waals surface area contributed by atoms with Crippen molar-refractivity contribution < 1.29 is 4.74 Å². The van der Waals surface area contributed by atoms with Gasteiger partial charge in [-0.25, -0.2) is 0 Å². The van der Waals surface area contributed by atoms with Gasteiger partial charge in [0, 0.05) is 12.6 Å². The lowest BCUT2D eigenvalue weighted by molar-refractivity contribution is 0.173. The van der Waals surface area contributed by atoms with E-state index in [1.54, 1.807) is 0 Å². The summed E-state index contributed by atoms with van der Waals surface area (Å²) in [4.78, 5) is 2.44. The minimum absolute atomic E-state index is 0. The number of nitrogens with two attached hydrogens (primary N) is 1. The summed E-state index contributed by atoms with van der Waals surface area (Å²) in [6.07, 6.45) is 2.23. The van der Waals surface area contributed by atoms with Crippen molar-refractivity contribution in [1.82, 2.24) is 4.90 Å². The average molecular weight is 285 g/mol. The Balaban J connectivity index is 0.00000180. The molecule has 0 atom stereocenters. The molecule has 1 aliphatic heterocycles. The first kappa shape index (κ1) is 16.3. The fourth-order valence-corrected chi connectivity index (χ4v) is 2.48. The van der Waals surface area contributed by atoms with Crippen LogP contribution < -0.4 is 10.5 Å². The molecule has 1 aliphatic rings. The second-order valence-corrected chi connectivity index (χ2v) is 5.25. The third kappa shape index (κ3) is 4.68. The Bertz CT molecular complexity index is 369. The van der Waals surface area contributed by atoms with Crippen LogP contribution in [0.25, 0.3) is 0 Å². The predicted molar refractivity (Wildman–Crippen MR) is 82.3 cm³/mol. The number of piperidine rings is 1. The third-order valence-electron chi connectivity index (χ3n) is 3.69. The molecule has 3 nitrogen and oxygen atoms in total. The Hall–Kier alpha value is -0.770. The van der Waals surface area contributed by atoms with Gasteiger partial charge in [0.25, 0.3) is 0 Å². The molecule has 0 saturated carbocycles. The van der Waals surface area contributed by atoms with Gasteiger partial charge in [-0.2, -0.15) is 0 Å². The molecule has 0 radical (unpaired) electrons. The average Bonchev–Trinajstić information content (AvgIpc) is 2.35. The quantitative estimate of drug-likeness (QED) is 0.923. The van der Waals surface area contributed by atoms with Crippen LogP contribution in [0.5, 0.6) is 5.75 Å². The van der Waals surface area contributed by atoms with Crippen LogP contribution in [-0.4, -0.2) is 37.2 Å². The molecule has 108 valence electrons. The summed E-state index contributed by atoms with van der Waals surface area (Å²) in [6, 6.07) is 6.68. The summed E-state index contributed by atoms with van der Waals surface area (Å²) in [7, 11) is 0. The van der Waals surface area contributed by atoms with Gasteiger partial charge in [0.1, 0.15) is 12.4 Å². The van der Waals surface area contributed by atoms with Gasteiger partial charge in [-0.15, -0.1) is 12.4 Å². The van der Waals surface area contributed by atoms with Gasteiger partial charge in [-0.1, -0.05) is 18.2 Å². The summed E-state index contributed by atoms with van der Waals surface area (Å²) >= 11 is 0. The maximum atomic E-state index is 5.92. The molecule has 1 aromatic rings.